The van der Waals surface area contributed by atoms with Crippen LogP contribution in [0.3, 0.4) is 0 Å². The second-order valence-electron chi connectivity index (χ2n) is 6.49. The Labute approximate surface area is 170 Å². The predicted molar refractivity (Wildman–Crippen MR) is 110 cm³/mol. The lowest BCUT2D eigenvalue weighted by atomic mass is 10.1. The summed E-state index contributed by atoms with van der Waals surface area (Å²) in [5.74, 6) is 0.594. The van der Waals surface area contributed by atoms with E-state index in [4.69, 9.17) is 28.2 Å². The molecule has 0 radical (unpaired) electrons. The van der Waals surface area contributed by atoms with Crippen LogP contribution in [0.5, 0.6) is 0 Å². The van der Waals surface area contributed by atoms with Crippen LogP contribution in [-0.2, 0) is 6.54 Å². The first-order valence-electron chi connectivity index (χ1n) is 8.71. The number of halogens is 2. The van der Waals surface area contributed by atoms with Gasteiger partial charge in [-0.2, -0.15) is 5.26 Å². The van der Waals surface area contributed by atoms with Gasteiger partial charge in [-0.15, -0.1) is 11.3 Å². The maximum atomic E-state index is 13.3. The lowest BCUT2D eigenvalue weighted by Crippen LogP contribution is -2.36. The number of benzene rings is 1. The molecule has 1 aromatic carbocycles. The normalized spacial score (nSPS) is 14.5. The van der Waals surface area contributed by atoms with Gasteiger partial charge in [0.25, 0.3) is 5.56 Å². The number of thiophene rings is 1. The van der Waals surface area contributed by atoms with Crippen molar-refractivity contribution in [3.63, 3.8) is 0 Å². The third-order valence-electron chi connectivity index (χ3n) is 4.79. The molecule has 1 fully saturated rings. The molecule has 0 spiro atoms. The van der Waals surface area contributed by atoms with E-state index in [1.165, 1.54) is 6.42 Å². The van der Waals surface area contributed by atoms with Gasteiger partial charge in [-0.3, -0.25) is 9.36 Å². The van der Waals surface area contributed by atoms with Crippen molar-refractivity contribution < 1.29 is 0 Å². The molecule has 8 heteroatoms. The molecule has 3 heterocycles. The molecule has 0 atom stereocenters. The van der Waals surface area contributed by atoms with Crippen molar-refractivity contribution in [3.8, 4) is 6.07 Å². The molecule has 0 amide bonds. The fraction of sp³-hybridized carbons (Fsp3) is 0.316. The van der Waals surface area contributed by atoms with Gasteiger partial charge in [0, 0.05) is 13.1 Å². The second-order valence-corrected chi connectivity index (χ2v) is 8.49. The molecule has 4 rings (SSSR count). The summed E-state index contributed by atoms with van der Waals surface area (Å²) in [5, 5.41) is 9.73. The van der Waals surface area contributed by atoms with Crippen LogP contribution in [0.25, 0.3) is 10.2 Å². The third kappa shape index (κ3) is 3.31. The van der Waals surface area contributed by atoms with Gasteiger partial charge in [-0.1, -0.05) is 41.4 Å². The van der Waals surface area contributed by atoms with Crippen molar-refractivity contribution in [2.45, 2.75) is 25.8 Å². The number of nitrogens with zero attached hydrogens (tertiary/aromatic N) is 4. The van der Waals surface area contributed by atoms with Crippen LogP contribution >= 0.6 is 34.5 Å². The molecule has 138 valence electrons. The second kappa shape index (κ2) is 7.51. The zero-order valence-electron chi connectivity index (χ0n) is 14.4. The number of fused-ring (bicyclic) bond motifs is 1. The highest BCUT2D eigenvalue weighted by Crippen LogP contribution is 2.37. The first-order valence-corrected chi connectivity index (χ1v) is 10.3. The Morgan fingerprint density at radius 1 is 1.19 bits per heavy atom. The topological polar surface area (TPSA) is 61.9 Å². The number of piperidine rings is 1. The fourth-order valence-corrected chi connectivity index (χ4v) is 4.85. The van der Waals surface area contributed by atoms with Crippen molar-refractivity contribution in [3.05, 3.63) is 55.1 Å². The monoisotopic (exact) mass is 418 g/mol. The number of aromatic nitrogens is 2. The lowest BCUT2D eigenvalue weighted by Gasteiger charge is -2.29. The average molecular weight is 419 g/mol. The first kappa shape index (κ1) is 18.3. The largest absolute Gasteiger partial charge is 0.342 e. The van der Waals surface area contributed by atoms with Crippen LogP contribution in [0.15, 0.2) is 29.1 Å². The van der Waals surface area contributed by atoms with E-state index >= 15 is 0 Å². The minimum Gasteiger partial charge on any atom is -0.342 e. The molecule has 3 aromatic rings. The van der Waals surface area contributed by atoms with Gasteiger partial charge in [0.05, 0.1) is 23.2 Å². The van der Waals surface area contributed by atoms with Crippen LogP contribution in [-0.4, -0.2) is 22.6 Å². The van der Waals surface area contributed by atoms with E-state index in [9.17, 15) is 10.1 Å². The smallest absolute Gasteiger partial charge is 0.273 e. The molecule has 0 bridgehead atoms. The summed E-state index contributed by atoms with van der Waals surface area (Å²) < 4.78 is 2.46. The fourth-order valence-electron chi connectivity index (χ4n) is 3.41. The van der Waals surface area contributed by atoms with E-state index in [-0.39, 0.29) is 12.1 Å². The number of rotatable bonds is 3. The van der Waals surface area contributed by atoms with Crippen LogP contribution in [0, 0.1) is 11.3 Å². The Kier molecular flexibility index (Phi) is 5.09. The summed E-state index contributed by atoms with van der Waals surface area (Å²) in [5.41, 5.74) is 1.63. The SMILES string of the molecule is N#Cc1ccccc1Cn1c(N2CCCCC2)nc2c(Cl)c(Cl)sc2c1=O. The standard InChI is InChI=1S/C19H16Cl2N4OS/c20-14-15-16(27-17(14)21)18(26)25(11-13-7-3-2-6-12(13)10-22)19(23-15)24-8-4-1-5-9-24/h2-3,6-7H,1,4-5,8-9,11H2. The zero-order chi connectivity index (χ0) is 19.0. The van der Waals surface area contributed by atoms with Crippen molar-refractivity contribution in [1.82, 2.24) is 9.55 Å². The number of anilines is 1. The molecule has 1 saturated heterocycles. The predicted octanol–water partition coefficient (Wildman–Crippen LogP) is 4.68. The van der Waals surface area contributed by atoms with Crippen molar-refractivity contribution >= 4 is 50.7 Å². The molecular weight excluding hydrogens is 403 g/mol. The molecule has 2 aromatic heterocycles. The Hall–Kier alpha value is -2.07. The van der Waals surface area contributed by atoms with Gasteiger partial charge in [0.1, 0.15) is 14.6 Å². The average Bonchev–Trinajstić information content (AvgIpc) is 2.99. The Bertz CT molecular complexity index is 1110. The van der Waals surface area contributed by atoms with Gasteiger partial charge in [0.15, 0.2) is 0 Å². The Morgan fingerprint density at radius 3 is 2.67 bits per heavy atom. The van der Waals surface area contributed by atoms with E-state index in [0.29, 0.717) is 31.1 Å². The third-order valence-corrected chi connectivity index (χ3v) is 6.74. The molecule has 0 N–H and O–H groups in total. The molecule has 0 aliphatic carbocycles. The summed E-state index contributed by atoms with van der Waals surface area (Å²) in [6, 6.07) is 9.50. The Morgan fingerprint density at radius 2 is 1.93 bits per heavy atom. The van der Waals surface area contributed by atoms with E-state index < -0.39 is 0 Å². The minimum absolute atomic E-state index is 0.174. The quantitative estimate of drug-likeness (QED) is 0.619. The summed E-state index contributed by atoms with van der Waals surface area (Å²) in [6.07, 6.45) is 3.28. The van der Waals surface area contributed by atoms with E-state index in [1.54, 1.807) is 10.6 Å². The maximum Gasteiger partial charge on any atom is 0.273 e. The molecule has 0 saturated carbocycles. The van der Waals surface area contributed by atoms with Gasteiger partial charge < -0.3 is 4.90 Å². The van der Waals surface area contributed by atoms with E-state index in [0.717, 1.165) is 42.8 Å². The van der Waals surface area contributed by atoms with Crippen molar-refractivity contribution in [1.29, 1.82) is 5.26 Å². The van der Waals surface area contributed by atoms with Crippen LogP contribution in [0.4, 0.5) is 5.95 Å². The zero-order valence-corrected chi connectivity index (χ0v) is 16.7. The van der Waals surface area contributed by atoms with Gasteiger partial charge >= 0.3 is 0 Å². The number of hydrogen-bond acceptors (Lipinski definition) is 5. The maximum absolute atomic E-state index is 13.3. The highest BCUT2D eigenvalue weighted by Gasteiger charge is 2.23. The van der Waals surface area contributed by atoms with E-state index in [2.05, 4.69) is 11.0 Å². The van der Waals surface area contributed by atoms with Crippen molar-refractivity contribution in [2.75, 3.05) is 18.0 Å². The number of nitriles is 1. The summed E-state index contributed by atoms with van der Waals surface area (Å²) >= 11 is 13.6. The lowest BCUT2D eigenvalue weighted by molar-refractivity contribution is 0.553. The summed E-state index contributed by atoms with van der Waals surface area (Å²) in [7, 11) is 0. The van der Waals surface area contributed by atoms with Crippen molar-refractivity contribution in [2.24, 2.45) is 0 Å². The molecular formula is C19H16Cl2N4OS. The highest BCUT2D eigenvalue weighted by molar-refractivity contribution is 7.23. The molecule has 1 aliphatic heterocycles. The molecule has 5 nitrogen and oxygen atoms in total. The van der Waals surface area contributed by atoms with Gasteiger partial charge in [-0.25, -0.2) is 4.98 Å². The van der Waals surface area contributed by atoms with E-state index in [1.807, 2.05) is 18.2 Å². The molecule has 27 heavy (non-hydrogen) atoms. The van der Waals surface area contributed by atoms with Gasteiger partial charge in [-0.05, 0) is 30.9 Å². The van der Waals surface area contributed by atoms with Crippen LogP contribution in [0.2, 0.25) is 9.36 Å². The number of hydrogen-bond donors (Lipinski definition) is 0. The summed E-state index contributed by atoms with van der Waals surface area (Å²) in [6.45, 7) is 1.96. The first-order chi connectivity index (χ1) is 13.1. The summed E-state index contributed by atoms with van der Waals surface area (Å²) in [4.78, 5) is 20.1. The highest BCUT2D eigenvalue weighted by atomic mass is 35.5. The molecule has 1 aliphatic rings. The van der Waals surface area contributed by atoms with Crippen LogP contribution < -0.4 is 10.5 Å². The minimum atomic E-state index is -0.174. The Balaban J connectivity index is 1.92. The van der Waals surface area contributed by atoms with Crippen LogP contribution in [0.1, 0.15) is 30.4 Å². The molecule has 0 unspecified atom stereocenters. The van der Waals surface area contributed by atoms with Gasteiger partial charge in [0.2, 0.25) is 5.95 Å².